The van der Waals surface area contributed by atoms with E-state index >= 15 is 0 Å². The Balaban J connectivity index is 2.29. The summed E-state index contributed by atoms with van der Waals surface area (Å²) in [6, 6.07) is 13.6. The Morgan fingerprint density at radius 2 is 1.91 bits per heavy atom. The molecule has 23 heavy (non-hydrogen) atoms. The summed E-state index contributed by atoms with van der Waals surface area (Å²) in [6.45, 7) is 0. The molecule has 0 unspecified atom stereocenters. The lowest BCUT2D eigenvalue weighted by atomic mass is 10.2. The molecule has 0 bridgehead atoms. The summed E-state index contributed by atoms with van der Waals surface area (Å²) in [5, 5.41) is 19.6. The quantitative estimate of drug-likeness (QED) is 0.618. The number of benzene rings is 2. The predicted molar refractivity (Wildman–Crippen MR) is 85.3 cm³/mol. The number of rotatable bonds is 5. The first-order valence-electron chi connectivity index (χ1n) is 6.53. The first-order chi connectivity index (χ1) is 10.8. The SMILES string of the molecule is CN(c1cccc(C#N)c1)S(=O)(=O)Cc1cccc([N+](=O)[O-])c1. The van der Waals surface area contributed by atoms with Gasteiger partial charge in [0.2, 0.25) is 10.0 Å². The van der Waals surface area contributed by atoms with E-state index in [0.717, 1.165) is 4.31 Å². The summed E-state index contributed by atoms with van der Waals surface area (Å²) >= 11 is 0. The molecule has 0 amide bonds. The van der Waals surface area contributed by atoms with E-state index in [1.54, 1.807) is 18.2 Å². The van der Waals surface area contributed by atoms with Crippen molar-refractivity contribution >= 4 is 21.4 Å². The molecular weight excluding hydrogens is 318 g/mol. The van der Waals surface area contributed by atoms with Crippen LogP contribution in [-0.4, -0.2) is 20.4 Å². The number of nitrogens with zero attached hydrogens (tertiary/aromatic N) is 3. The summed E-state index contributed by atoms with van der Waals surface area (Å²) in [5.74, 6) is -0.373. The van der Waals surface area contributed by atoms with Crippen LogP contribution < -0.4 is 4.31 Å². The monoisotopic (exact) mass is 331 g/mol. The molecule has 2 aromatic rings. The number of anilines is 1. The average Bonchev–Trinajstić information content (AvgIpc) is 2.54. The van der Waals surface area contributed by atoms with Gasteiger partial charge in [-0.25, -0.2) is 8.42 Å². The van der Waals surface area contributed by atoms with Crippen molar-refractivity contribution in [3.63, 3.8) is 0 Å². The maximum absolute atomic E-state index is 12.5. The normalized spacial score (nSPS) is 10.8. The second-order valence-corrected chi connectivity index (χ2v) is 6.81. The highest BCUT2D eigenvalue weighted by atomic mass is 32.2. The molecule has 7 nitrogen and oxygen atoms in total. The number of nitro benzene ring substituents is 1. The van der Waals surface area contributed by atoms with Crippen molar-refractivity contribution in [2.45, 2.75) is 5.75 Å². The third-order valence-electron chi connectivity index (χ3n) is 3.23. The molecule has 118 valence electrons. The molecule has 0 saturated heterocycles. The number of non-ortho nitro benzene ring substituents is 1. The van der Waals surface area contributed by atoms with E-state index in [9.17, 15) is 18.5 Å². The van der Waals surface area contributed by atoms with Gasteiger partial charge in [0.25, 0.3) is 5.69 Å². The molecule has 2 aromatic carbocycles. The molecule has 0 heterocycles. The molecule has 2 rings (SSSR count). The minimum absolute atomic E-state index is 0.160. The van der Waals surface area contributed by atoms with E-state index in [-0.39, 0.29) is 11.4 Å². The lowest BCUT2D eigenvalue weighted by Crippen LogP contribution is -2.27. The Kier molecular flexibility index (Phi) is 4.62. The van der Waals surface area contributed by atoms with Gasteiger partial charge in [0.05, 0.1) is 28.0 Å². The van der Waals surface area contributed by atoms with Gasteiger partial charge in [0.1, 0.15) is 0 Å². The lowest BCUT2D eigenvalue weighted by molar-refractivity contribution is -0.384. The Labute approximate surface area is 133 Å². The largest absolute Gasteiger partial charge is 0.273 e. The predicted octanol–water partition coefficient (Wildman–Crippen LogP) is 2.43. The van der Waals surface area contributed by atoms with Crippen LogP contribution in [0.3, 0.4) is 0 Å². The van der Waals surface area contributed by atoms with Gasteiger partial charge >= 0.3 is 0 Å². The van der Waals surface area contributed by atoms with Crippen molar-refractivity contribution in [2.24, 2.45) is 0 Å². The summed E-state index contributed by atoms with van der Waals surface area (Å²) in [4.78, 5) is 10.2. The number of nitro groups is 1. The Morgan fingerprint density at radius 1 is 1.22 bits per heavy atom. The Morgan fingerprint density at radius 3 is 2.57 bits per heavy atom. The van der Waals surface area contributed by atoms with E-state index in [2.05, 4.69) is 0 Å². The maximum Gasteiger partial charge on any atom is 0.269 e. The van der Waals surface area contributed by atoms with Crippen LogP contribution in [0.2, 0.25) is 0 Å². The first-order valence-corrected chi connectivity index (χ1v) is 8.14. The molecule has 0 spiro atoms. The molecule has 0 aliphatic carbocycles. The van der Waals surface area contributed by atoms with Crippen LogP contribution in [0.4, 0.5) is 11.4 Å². The molecule has 0 aromatic heterocycles. The van der Waals surface area contributed by atoms with Crippen molar-refractivity contribution in [1.29, 1.82) is 5.26 Å². The van der Waals surface area contributed by atoms with Gasteiger partial charge in [-0.1, -0.05) is 18.2 Å². The van der Waals surface area contributed by atoms with Crippen LogP contribution in [-0.2, 0) is 15.8 Å². The molecule has 0 atom stereocenters. The van der Waals surface area contributed by atoms with Crippen molar-refractivity contribution in [3.8, 4) is 6.07 Å². The summed E-state index contributed by atoms with van der Waals surface area (Å²) in [6.07, 6.45) is 0. The van der Waals surface area contributed by atoms with Crippen LogP contribution in [0, 0.1) is 21.4 Å². The van der Waals surface area contributed by atoms with Gasteiger partial charge in [-0.3, -0.25) is 14.4 Å². The summed E-state index contributed by atoms with van der Waals surface area (Å²) in [7, 11) is -2.35. The third kappa shape index (κ3) is 3.84. The van der Waals surface area contributed by atoms with Crippen LogP contribution in [0.25, 0.3) is 0 Å². The van der Waals surface area contributed by atoms with Crippen LogP contribution in [0.15, 0.2) is 48.5 Å². The van der Waals surface area contributed by atoms with Crippen molar-refractivity contribution in [3.05, 3.63) is 69.8 Å². The number of nitriles is 1. The van der Waals surface area contributed by atoms with Gasteiger partial charge in [-0.05, 0) is 23.8 Å². The van der Waals surface area contributed by atoms with E-state index < -0.39 is 14.9 Å². The van der Waals surface area contributed by atoms with Crippen LogP contribution in [0.1, 0.15) is 11.1 Å². The fourth-order valence-electron chi connectivity index (χ4n) is 2.00. The molecule has 0 saturated carbocycles. The lowest BCUT2D eigenvalue weighted by Gasteiger charge is -2.19. The minimum Gasteiger partial charge on any atom is -0.273 e. The highest BCUT2D eigenvalue weighted by Crippen LogP contribution is 2.21. The van der Waals surface area contributed by atoms with E-state index in [1.165, 1.54) is 37.4 Å². The van der Waals surface area contributed by atoms with Gasteiger partial charge in [0.15, 0.2) is 0 Å². The zero-order valence-corrected chi connectivity index (χ0v) is 13.0. The highest BCUT2D eigenvalue weighted by molar-refractivity contribution is 7.92. The van der Waals surface area contributed by atoms with Gasteiger partial charge < -0.3 is 0 Å². The molecule has 8 heteroatoms. The van der Waals surface area contributed by atoms with Crippen molar-refractivity contribution in [2.75, 3.05) is 11.4 Å². The number of sulfonamides is 1. The Hall–Kier alpha value is -2.92. The van der Waals surface area contributed by atoms with Crippen molar-refractivity contribution in [1.82, 2.24) is 0 Å². The highest BCUT2D eigenvalue weighted by Gasteiger charge is 2.20. The van der Waals surface area contributed by atoms with Crippen LogP contribution in [0.5, 0.6) is 0 Å². The van der Waals surface area contributed by atoms with E-state index in [4.69, 9.17) is 5.26 Å². The molecule has 0 fully saturated rings. The second-order valence-electron chi connectivity index (χ2n) is 4.81. The van der Waals surface area contributed by atoms with Crippen molar-refractivity contribution < 1.29 is 13.3 Å². The topological polar surface area (TPSA) is 104 Å². The van der Waals surface area contributed by atoms with Gasteiger partial charge in [-0.2, -0.15) is 5.26 Å². The standard InChI is InChI=1S/C15H13N3O4S/c1-17(14-6-2-4-12(8-14)10-16)23(21,22)11-13-5-3-7-15(9-13)18(19)20/h2-9H,11H2,1H3. The summed E-state index contributed by atoms with van der Waals surface area (Å²) in [5.41, 5.74) is 0.865. The molecule has 0 N–H and O–H groups in total. The molecular formula is C15H13N3O4S. The van der Waals surface area contributed by atoms with E-state index in [0.29, 0.717) is 16.8 Å². The fraction of sp³-hybridized carbons (Fsp3) is 0.133. The van der Waals surface area contributed by atoms with Gasteiger partial charge in [0, 0.05) is 19.2 Å². The maximum atomic E-state index is 12.5. The smallest absolute Gasteiger partial charge is 0.269 e. The minimum atomic E-state index is -3.73. The van der Waals surface area contributed by atoms with E-state index in [1.807, 2.05) is 6.07 Å². The molecule has 0 aliphatic heterocycles. The Bertz CT molecular complexity index is 888. The zero-order valence-electron chi connectivity index (χ0n) is 12.2. The third-order valence-corrected chi connectivity index (χ3v) is 4.97. The van der Waals surface area contributed by atoms with Gasteiger partial charge in [-0.15, -0.1) is 0 Å². The van der Waals surface area contributed by atoms with Crippen LogP contribution >= 0.6 is 0 Å². The zero-order chi connectivity index (χ0) is 17.0. The fourth-order valence-corrected chi connectivity index (χ4v) is 3.23. The number of hydrogen-bond acceptors (Lipinski definition) is 5. The first kappa shape index (κ1) is 16.5. The molecule has 0 aliphatic rings. The molecule has 0 radical (unpaired) electrons. The average molecular weight is 331 g/mol. The number of hydrogen-bond donors (Lipinski definition) is 0. The second kappa shape index (κ2) is 6.46. The summed E-state index contributed by atoms with van der Waals surface area (Å²) < 4.78 is 26.0.